The predicted octanol–water partition coefficient (Wildman–Crippen LogP) is 3.85. The maximum Gasteiger partial charge on any atom is 0.406 e. The summed E-state index contributed by atoms with van der Waals surface area (Å²) in [6.45, 7) is -1.08. The standard InChI is InChI=1S/C15H12F3N3/c16-15(17,18)9-21-13-4-2-1-3-12(13)20-14(21)10-5-7-11(19)8-6-10/h1-8H,9,19H2. The molecule has 2 aromatic carbocycles. The largest absolute Gasteiger partial charge is 0.406 e. The van der Waals surface area contributed by atoms with Crippen LogP contribution in [0.25, 0.3) is 22.4 Å². The number of para-hydroxylation sites is 2. The molecule has 3 nitrogen and oxygen atoms in total. The van der Waals surface area contributed by atoms with Gasteiger partial charge in [-0.1, -0.05) is 12.1 Å². The number of nitrogens with zero attached hydrogens (tertiary/aromatic N) is 2. The van der Waals surface area contributed by atoms with Gasteiger partial charge < -0.3 is 10.3 Å². The van der Waals surface area contributed by atoms with E-state index in [0.29, 0.717) is 22.3 Å². The van der Waals surface area contributed by atoms with Crippen molar-refractivity contribution in [2.75, 3.05) is 5.73 Å². The minimum Gasteiger partial charge on any atom is -0.399 e. The molecule has 108 valence electrons. The van der Waals surface area contributed by atoms with Crippen molar-refractivity contribution >= 4 is 16.7 Å². The molecule has 6 heteroatoms. The van der Waals surface area contributed by atoms with Crippen LogP contribution >= 0.6 is 0 Å². The summed E-state index contributed by atoms with van der Waals surface area (Å²) in [7, 11) is 0. The third-order valence-electron chi connectivity index (χ3n) is 3.16. The molecule has 0 radical (unpaired) electrons. The van der Waals surface area contributed by atoms with E-state index in [1.165, 1.54) is 4.57 Å². The molecule has 0 aliphatic carbocycles. The van der Waals surface area contributed by atoms with Crippen LogP contribution in [0, 0.1) is 0 Å². The fourth-order valence-corrected chi connectivity index (χ4v) is 2.27. The number of imidazole rings is 1. The summed E-state index contributed by atoms with van der Waals surface area (Å²) in [5, 5.41) is 0. The van der Waals surface area contributed by atoms with Crippen molar-refractivity contribution in [2.24, 2.45) is 0 Å². The first-order valence-electron chi connectivity index (χ1n) is 6.32. The Hall–Kier alpha value is -2.50. The van der Waals surface area contributed by atoms with Gasteiger partial charge in [0.15, 0.2) is 0 Å². The summed E-state index contributed by atoms with van der Waals surface area (Å²) < 4.78 is 39.7. The van der Waals surface area contributed by atoms with Crippen LogP contribution in [0.2, 0.25) is 0 Å². The third kappa shape index (κ3) is 2.69. The molecule has 0 atom stereocenters. The fourth-order valence-electron chi connectivity index (χ4n) is 2.27. The highest BCUT2D eigenvalue weighted by Crippen LogP contribution is 2.29. The first-order chi connectivity index (χ1) is 9.94. The van der Waals surface area contributed by atoms with E-state index in [1.54, 1.807) is 48.5 Å². The normalized spacial score (nSPS) is 12.0. The lowest BCUT2D eigenvalue weighted by Gasteiger charge is -2.12. The SMILES string of the molecule is Nc1ccc(-c2nc3ccccc3n2CC(F)(F)F)cc1. The number of halogens is 3. The van der Waals surface area contributed by atoms with Crippen molar-refractivity contribution < 1.29 is 13.2 Å². The third-order valence-corrected chi connectivity index (χ3v) is 3.16. The zero-order chi connectivity index (χ0) is 15.0. The Morgan fingerprint density at radius 1 is 1.00 bits per heavy atom. The quantitative estimate of drug-likeness (QED) is 0.729. The summed E-state index contributed by atoms with van der Waals surface area (Å²) in [5.41, 5.74) is 7.76. The number of rotatable bonds is 2. The van der Waals surface area contributed by atoms with Gasteiger partial charge in [0.25, 0.3) is 0 Å². The highest BCUT2D eigenvalue weighted by molar-refractivity contribution is 5.80. The minimum absolute atomic E-state index is 0.286. The van der Waals surface area contributed by atoms with Gasteiger partial charge in [0.1, 0.15) is 12.4 Å². The molecule has 0 saturated carbocycles. The number of alkyl halides is 3. The summed E-state index contributed by atoms with van der Waals surface area (Å²) in [4.78, 5) is 4.32. The van der Waals surface area contributed by atoms with Crippen LogP contribution in [0.3, 0.4) is 0 Å². The smallest absolute Gasteiger partial charge is 0.399 e. The second kappa shape index (κ2) is 4.80. The number of nitrogen functional groups attached to an aromatic ring is 1. The van der Waals surface area contributed by atoms with Crippen molar-refractivity contribution in [2.45, 2.75) is 12.7 Å². The van der Waals surface area contributed by atoms with E-state index >= 15 is 0 Å². The van der Waals surface area contributed by atoms with E-state index in [0.717, 1.165) is 0 Å². The van der Waals surface area contributed by atoms with Gasteiger partial charge in [0, 0.05) is 11.3 Å². The first kappa shape index (κ1) is 13.5. The Kier molecular flexibility index (Phi) is 3.08. The van der Waals surface area contributed by atoms with E-state index in [9.17, 15) is 13.2 Å². The number of aromatic nitrogens is 2. The highest BCUT2D eigenvalue weighted by atomic mass is 19.4. The molecular weight excluding hydrogens is 279 g/mol. The topological polar surface area (TPSA) is 43.8 Å². The molecular formula is C15H12F3N3. The van der Waals surface area contributed by atoms with Crippen LogP contribution < -0.4 is 5.73 Å². The lowest BCUT2D eigenvalue weighted by molar-refractivity contribution is -0.139. The van der Waals surface area contributed by atoms with Gasteiger partial charge in [0.2, 0.25) is 0 Å². The van der Waals surface area contributed by atoms with Crippen molar-refractivity contribution in [3.05, 3.63) is 48.5 Å². The van der Waals surface area contributed by atoms with Crippen LogP contribution in [0.4, 0.5) is 18.9 Å². The van der Waals surface area contributed by atoms with Crippen molar-refractivity contribution in [1.82, 2.24) is 9.55 Å². The van der Waals surface area contributed by atoms with Crippen LogP contribution in [-0.4, -0.2) is 15.7 Å². The van der Waals surface area contributed by atoms with Gasteiger partial charge in [-0.25, -0.2) is 4.98 Å². The summed E-state index contributed by atoms with van der Waals surface area (Å²) in [6.07, 6.45) is -4.31. The lowest BCUT2D eigenvalue weighted by Crippen LogP contribution is -2.18. The molecule has 3 aromatic rings. The lowest BCUT2D eigenvalue weighted by atomic mass is 10.2. The van der Waals surface area contributed by atoms with E-state index in [4.69, 9.17) is 5.73 Å². The van der Waals surface area contributed by atoms with E-state index in [-0.39, 0.29) is 5.82 Å². The average molecular weight is 291 g/mol. The molecule has 0 bridgehead atoms. The Bertz CT molecular complexity index is 773. The molecule has 21 heavy (non-hydrogen) atoms. The Morgan fingerprint density at radius 2 is 1.67 bits per heavy atom. The van der Waals surface area contributed by atoms with Gasteiger partial charge in [0.05, 0.1) is 11.0 Å². The van der Waals surface area contributed by atoms with E-state index < -0.39 is 12.7 Å². The molecule has 3 rings (SSSR count). The summed E-state index contributed by atoms with van der Waals surface area (Å²) in [6, 6.07) is 13.4. The zero-order valence-electron chi connectivity index (χ0n) is 10.9. The molecule has 0 amide bonds. The van der Waals surface area contributed by atoms with E-state index in [1.807, 2.05) is 0 Å². The molecule has 0 saturated heterocycles. The molecule has 0 aliphatic rings. The van der Waals surface area contributed by atoms with Gasteiger partial charge in [-0.3, -0.25) is 0 Å². The van der Waals surface area contributed by atoms with Gasteiger partial charge in [-0.2, -0.15) is 13.2 Å². The number of hydrogen-bond donors (Lipinski definition) is 1. The number of fused-ring (bicyclic) bond motifs is 1. The van der Waals surface area contributed by atoms with Crippen LogP contribution in [0.5, 0.6) is 0 Å². The van der Waals surface area contributed by atoms with Gasteiger partial charge in [-0.15, -0.1) is 0 Å². The number of benzene rings is 2. The molecule has 0 fully saturated rings. The van der Waals surface area contributed by atoms with Gasteiger partial charge >= 0.3 is 6.18 Å². The molecule has 0 spiro atoms. The molecule has 0 unspecified atom stereocenters. The summed E-state index contributed by atoms with van der Waals surface area (Å²) in [5.74, 6) is 0.286. The number of hydrogen-bond acceptors (Lipinski definition) is 2. The van der Waals surface area contributed by atoms with Crippen molar-refractivity contribution in [1.29, 1.82) is 0 Å². The minimum atomic E-state index is -4.31. The van der Waals surface area contributed by atoms with Gasteiger partial charge in [-0.05, 0) is 36.4 Å². The zero-order valence-corrected chi connectivity index (χ0v) is 10.9. The number of nitrogens with two attached hydrogens (primary N) is 1. The highest BCUT2D eigenvalue weighted by Gasteiger charge is 2.30. The Morgan fingerprint density at radius 3 is 2.33 bits per heavy atom. The summed E-state index contributed by atoms with van der Waals surface area (Å²) >= 11 is 0. The molecule has 0 aliphatic heterocycles. The number of anilines is 1. The average Bonchev–Trinajstić information content (AvgIpc) is 2.77. The molecule has 2 N–H and O–H groups in total. The van der Waals surface area contributed by atoms with E-state index in [2.05, 4.69) is 4.98 Å². The Labute approximate surface area is 118 Å². The maximum atomic E-state index is 12.8. The first-order valence-corrected chi connectivity index (χ1v) is 6.32. The molecule has 1 heterocycles. The molecule has 1 aromatic heterocycles. The maximum absolute atomic E-state index is 12.8. The van der Waals surface area contributed by atoms with Crippen molar-refractivity contribution in [3.63, 3.8) is 0 Å². The fraction of sp³-hybridized carbons (Fsp3) is 0.133. The monoisotopic (exact) mass is 291 g/mol. The van der Waals surface area contributed by atoms with Crippen molar-refractivity contribution in [3.8, 4) is 11.4 Å². The second-order valence-corrected chi connectivity index (χ2v) is 4.75. The second-order valence-electron chi connectivity index (χ2n) is 4.75. The van der Waals surface area contributed by atoms with Crippen LogP contribution in [-0.2, 0) is 6.54 Å². The predicted molar refractivity (Wildman–Crippen MR) is 75.6 cm³/mol. The van der Waals surface area contributed by atoms with Crippen LogP contribution in [0.1, 0.15) is 0 Å². The Balaban J connectivity index is 2.21. The van der Waals surface area contributed by atoms with Crippen LogP contribution in [0.15, 0.2) is 48.5 Å².